The maximum absolute atomic E-state index is 9.12. The molecule has 0 spiro atoms. The summed E-state index contributed by atoms with van der Waals surface area (Å²) in [5.74, 6) is 0.648. The Bertz CT molecular complexity index is 328. The van der Waals surface area contributed by atoms with Crippen LogP contribution < -0.4 is 5.32 Å². The van der Waals surface area contributed by atoms with Gasteiger partial charge in [0.05, 0.1) is 12.3 Å². The number of aliphatic hydroxyl groups is 1. The predicted molar refractivity (Wildman–Crippen MR) is 59.1 cm³/mol. The molecule has 1 aliphatic carbocycles. The fourth-order valence-electron chi connectivity index (χ4n) is 1.86. The summed E-state index contributed by atoms with van der Waals surface area (Å²) in [6.45, 7) is 5.45. The zero-order chi connectivity index (χ0) is 10.7. The van der Waals surface area contributed by atoms with Crippen LogP contribution in [-0.4, -0.2) is 27.5 Å². The van der Waals surface area contributed by atoms with Crippen molar-refractivity contribution in [2.45, 2.75) is 25.5 Å². The van der Waals surface area contributed by atoms with Crippen LogP contribution in [0.15, 0.2) is 19.0 Å². The van der Waals surface area contributed by atoms with E-state index < -0.39 is 0 Å². The van der Waals surface area contributed by atoms with E-state index in [9.17, 15) is 0 Å². The van der Waals surface area contributed by atoms with Crippen molar-refractivity contribution in [3.8, 4) is 0 Å². The van der Waals surface area contributed by atoms with Gasteiger partial charge in [-0.15, -0.1) is 0 Å². The SMILES string of the molecule is C=Cn1cc(CNCC2CC(O)C2)cn1. The Morgan fingerprint density at radius 2 is 2.47 bits per heavy atom. The molecule has 82 valence electrons. The van der Waals surface area contributed by atoms with E-state index in [4.69, 9.17) is 5.11 Å². The van der Waals surface area contributed by atoms with Crippen molar-refractivity contribution in [1.82, 2.24) is 15.1 Å². The fraction of sp³-hybridized carbons (Fsp3) is 0.545. The molecule has 0 atom stereocenters. The van der Waals surface area contributed by atoms with Crippen molar-refractivity contribution in [3.63, 3.8) is 0 Å². The molecule has 0 unspecified atom stereocenters. The lowest BCUT2D eigenvalue weighted by Crippen LogP contribution is -2.35. The number of aliphatic hydroxyl groups excluding tert-OH is 1. The Balaban J connectivity index is 1.67. The van der Waals surface area contributed by atoms with Gasteiger partial charge in [0.2, 0.25) is 0 Å². The van der Waals surface area contributed by atoms with Gasteiger partial charge in [0, 0.05) is 24.5 Å². The van der Waals surface area contributed by atoms with Crippen LogP contribution in [0.3, 0.4) is 0 Å². The Labute approximate surface area is 89.6 Å². The lowest BCUT2D eigenvalue weighted by Gasteiger charge is -2.31. The van der Waals surface area contributed by atoms with Gasteiger partial charge in [0.15, 0.2) is 0 Å². The molecule has 1 aromatic rings. The fourth-order valence-corrected chi connectivity index (χ4v) is 1.86. The van der Waals surface area contributed by atoms with Crippen LogP contribution in [0.5, 0.6) is 0 Å². The predicted octanol–water partition coefficient (Wildman–Crippen LogP) is 0.844. The van der Waals surface area contributed by atoms with E-state index in [0.717, 1.165) is 31.5 Å². The van der Waals surface area contributed by atoms with Crippen LogP contribution in [-0.2, 0) is 6.54 Å². The summed E-state index contributed by atoms with van der Waals surface area (Å²) in [7, 11) is 0. The third kappa shape index (κ3) is 2.67. The molecule has 0 aromatic carbocycles. The highest BCUT2D eigenvalue weighted by atomic mass is 16.3. The minimum absolute atomic E-state index is 0.0553. The quantitative estimate of drug-likeness (QED) is 0.752. The molecule has 0 radical (unpaired) electrons. The van der Waals surface area contributed by atoms with E-state index in [1.165, 1.54) is 0 Å². The largest absolute Gasteiger partial charge is 0.393 e. The van der Waals surface area contributed by atoms with Gasteiger partial charge in [-0.2, -0.15) is 5.10 Å². The highest BCUT2D eigenvalue weighted by molar-refractivity contribution is 5.17. The van der Waals surface area contributed by atoms with Crippen LogP contribution in [0.25, 0.3) is 6.20 Å². The summed E-state index contributed by atoms with van der Waals surface area (Å²) < 4.78 is 1.70. The van der Waals surface area contributed by atoms with E-state index in [0.29, 0.717) is 5.92 Å². The molecule has 0 aliphatic heterocycles. The maximum Gasteiger partial charge on any atom is 0.0546 e. The molecule has 0 amide bonds. The van der Waals surface area contributed by atoms with Gasteiger partial charge < -0.3 is 10.4 Å². The molecule has 15 heavy (non-hydrogen) atoms. The molecule has 4 heteroatoms. The molecule has 1 fully saturated rings. The molecule has 1 heterocycles. The summed E-state index contributed by atoms with van der Waals surface area (Å²) in [6, 6.07) is 0. The van der Waals surface area contributed by atoms with Gasteiger partial charge in [0.25, 0.3) is 0 Å². The molecule has 0 bridgehead atoms. The highest BCUT2D eigenvalue weighted by Crippen LogP contribution is 2.26. The van der Waals surface area contributed by atoms with Crippen LogP contribution in [0.4, 0.5) is 0 Å². The van der Waals surface area contributed by atoms with E-state index in [1.807, 2.05) is 12.4 Å². The molecule has 1 aliphatic rings. The standard InChI is InChI=1S/C11H17N3O/c1-2-14-8-10(7-13-14)6-12-5-9-3-11(15)4-9/h2,7-9,11-12,15H,1,3-6H2. The lowest BCUT2D eigenvalue weighted by molar-refractivity contribution is 0.0430. The number of aromatic nitrogens is 2. The molecular formula is C11H17N3O. The average molecular weight is 207 g/mol. The third-order valence-corrected chi connectivity index (χ3v) is 2.81. The first-order chi connectivity index (χ1) is 7.28. The number of hydrogen-bond acceptors (Lipinski definition) is 3. The second-order valence-corrected chi connectivity index (χ2v) is 4.13. The van der Waals surface area contributed by atoms with Crippen LogP contribution in [0.1, 0.15) is 18.4 Å². The molecule has 0 saturated heterocycles. The van der Waals surface area contributed by atoms with Crippen LogP contribution in [0, 0.1) is 5.92 Å². The van der Waals surface area contributed by atoms with E-state index in [-0.39, 0.29) is 6.10 Å². The molecule has 4 nitrogen and oxygen atoms in total. The summed E-state index contributed by atoms with van der Waals surface area (Å²) in [4.78, 5) is 0. The number of nitrogens with zero attached hydrogens (tertiary/aromatic N) is 2. The molecule has 2 rings (SSSR count). The second-order valence-electron chi connectivity index (χ2n) is 4.13. The van der Waals surface area contributed by atoms with E-state index in [2.05, 4.69) is 17.0 Å². The summed E-state index contributed by atoms with van der Waals surface area (Å²) in [5.41, 5.74) is 1.16. The Kier molecular flexibility index (Phi) is 3.18. The first kappa shape index (κ1) is 10.4. The van der Waals surface area contributed by atoms with Gasteiger partial charge in [0.1, 0.15) is 0 Å². The third-order valence-electron chi connectivity index (χ3n) is 2.81. The Morgan fingerprint density at radius 3 is 3.07 bits per heavy atom. The van der Waals surface area contributed by atoms with E-state index >= 15 is 0 Å². The minimum Gasteiger partial charge on any atom is -0.393 e. The van der Waals surface area contributed by atoms with Crippen molar-refractivity contribution in [2.75, 3.05) is 6.54 Å². The average Bonchev–Trinajstić information content (AvgIpc) is 2.63. The van der Waals surface area contributed by atoms with Crippen molar-refractivity contribution >= 4 is 6.20 Å². The molecule has 1 saturated carbocycles. The topological polar surface area (TPSA) is 50.1 Å². The summed E-state index contributed by atoms with van der Waals surface area (Å²) in [5, 5.41) is 16.6. The van der Waals surface area contributed by atoms with Gasteiger partial charge in [-0.1, -0.05) is 6.58 Å². The second kappa shape index (κ2) is 4.59. The molecule has 2 N–H and O–H groups in total. The normalized spacial score (nSPS) is 24.9. The highest BCUT2D eigenvalue weighted by Gasteiger charge is 2.26. The van der Waals surface area contributed by atoms with Gasteiger partial charge in [-0.25, -0.2) is 4.68 Å². The number of nitrogens with one attached hydrogen (secondary N) is 1. The van der Waals surface area contributed by atoms with Crippen LogP contribution in [0.2, 0.25) is 0 Å². The van der Waals surface area contributed by atoms with Crippen molar-refractivity contribution in [2.24, 2.45) is 5.92 Å². The van der Waals surface area contributed by atoms with E-state index in [1.54, 1.807) is 10.9 Å². The lowest BCUT2D eigenvalue weighted by atomic mass is 9.82. The van der Waals surface area contributed by atoms with Crippen molar-refractivity contribution in [1.29, 1.82) is 0 Å². The van der Waals surface area contributed by atoms with Crippen molar-refractivity contribution < 1.29 is 5.11 Å². The first-order valence-corrected chi connectivity index (χ1v) is 5.32. The first-order valence-electron chi connectivity index (χ1n) is 5.32. The zero-order valence-electron chi connectivity index (χ0n) is 8.76. The van der Waals surface area contributed by atoms with Gasteiger partial charge in [-0.3, -0.25) is 0 Å². The molecule has 1 aromatic heterocycles. The maximum atomic E-state index is 9.12. The number of rotatable bonds is 5. The monoisotopic (exact) mass is 207 g/mol. The number of hydrogen-bond donors (Lipinski definition) is 2. The minimum atomic E-state index is -0.0553. The zero-order valence-corrected chi connectivity index (χ0v) is 8.76. The molecular weight excluding hydrogens is 190 g/mol. The van der Waals surface area contributed by atoms with Crippen molar-refractivity contribution in [3.05, 3.63) is 24.5 Å². The summed E-state index contributed by atoms with van der Waals surface area (Å²) >= 11 is 0. The van der Waals surface area contributed by atoms with Gasteiger partial charge in [-0.05, 0) is 25.3 Å². The van der Waals surface area contributed by atoms with Crippen LogP contribution >= 0.6 is 0 Å². The Hall–Kier alpha value is -1.13. The van der Waals surface area contributed by atoms with Gasteiger partial charge >= 0.3 is 0 Å². The Morgan fingerprint density at radius 1 is 1.67 bits per heavy atom. The summed E-state index contributed by atoms with van der Waals surface area (Å²) in [6.07, 6.45) is 7.30. The smallest absolute Gasteiger partial charge is 0.0546 e.